The molecule has 1 aromatic carbocycles. The molecule has 0 bridgehead atoms. The van der Waals surface area contributed by atoms with Gasteiger partial charge in [0.15, 0.2) is 0 Å². The fourth-order valence-corrected chi connectivity index (χ4v) is 1.04. The van der Waals surface area contributed by atoms with Crippen LogP contribution in [0, 0.1) is 11.3 Å². The lowest BCUT2D eigenvalue weighted by Crippen LogP contribution is -2.20. The minimum Gasteiger partial charge on any atom is -0.324 e. The predicted molar refractivity (Wildman–Crippen MR) is 58.2 cm³/mol. The average Bonchev–Trinajstić information content (AvgIpc) is 2.18. The minimum atomic E-state index is -0.269. The number of nitrogens with zero attached hydrogens (tertiary/aromatic N) is 1. The summed E-state index contributed by atoms with van der Waals surface area (Å²) in [5, 5.41) is 11.4. The van der Waals surface area contributed by atoms with Crippen LogP contribution in [0.3, 0.4) is 0 Å². The molecule has 0 fully saturated rings. The summed E-state index contributed by atoms with van der Waals surface area (Å²) < 4.78 is 0. The summed E-state index contributed by atoms with van der Waals surface area (Å²) in [6, 6.07) is 8.90. The molecule has 3 nitrogen and oxygen atoms in total. The van der Waals surface area contributed by atoms with E-state index in [-0.39, 0.29) is 10.7 Å². The van der Waals surface area contributed by atoms with Crippen LogP contribution in [0.5, 0.6) is 0 Å². The summed E-state index contributed by atoms with van der Waals surface area (Å²) in [7, 11) is 0. The first-order valence-corrected chi connectivity index (χ1v) is 5.01. The van der Waals surface area contributed by atoms with Crippen molar-refractivity contribution in [2.75, 3.05) is 5.32 Å². The van der Waals surface area contributed by atoms with E-state index in [0.29, 0.717) is 11.3 Å². The van der Waals surface area contributed by atoms with Gasteiger partial charge < -0.3 is 5.32 Å². The Hall–Kier alpha value is -1.34. The third-order valence-electron chi connectivity index (χ3n) is 1.67. The Labute approximate surface area is 90.9 Å². The number of benzene rings is 1. The van der Waals surface area contributed by atoms with Gasteiger partial charge in [0.25, 0.3) is 0 Å². The van der Waals surface area contributed by atoms with E-state index in [4.69, 9.17) is 5.26 Å². The maximum Gasteiger partial charge on any atom is 0.237 e. The van der Waals surface area contributed by atoms with Gasteiger partial charge >= 0.3 is 0 Å². The Kier molecular flexibility index (Phi) is 3.66. The number of halogens is 1. The molecule has 0 aliphatic carbocycles. The van der Waals surface area contributed by atoms with Crippen molar-refractivity contribution in [2.24, 2.45) is 0 Å². The first-order chi connectivity index (χ1) is 6.65. The number of alkyl halides is 1. The van der Waals surface area contributed by atoms with E-state index in [1.165, 1.54) is 0 Å². The highest BCUT2D eigenvalue weighted by molar-refractivity contribution is 9.10. The summed E-state index contributed by atoms with van der Waals surface area (Å²) in [6.45, 7) is 1.73. The number of anilines is 1. The van der Waals surface area contributed by atoms with E-state index in [1.807, 2.05) is 6.07 Å². The van der Waals surface area contributed by atoms with Gasteiger partial charge in [0, 0.05) is 0 Å². The van der Waals surface area contributed by atoms with Crippen LogP contribution in [0.2, 0.25) is 0 Å². The SMILES string of the molecule is C[C@H](Br)C(=O)Nc1ccccc1C#N. The van der Waals surface area contributed by atoms with E-state index in [2.05, 4.69) is 21.2 Å². The molecule has 0 spiro atoms. The largest absolute Gasteiger partial charge is 0.324 e. The third-order valence-corrected chi connectivity index (χ3v) is 2.08. The van der Waals surface area contributed by atoms with Crippen LogP contribution in [-0.4, -0.2) is 10.7 Å². The van der Waals surface area contributed by atoms with Crippen LogP contribution in [0.15, 0.2) is 24.3 Å². The number of hydrogen-bond donors (Lipinski definition) is 1. The lowest BCUT2D eigenvalue weighted by Gasteiger charge is -2.07. The lowest BCUT2D eigenvalue weighted by molar-refractivity contribution is -0.115. The molecule has 4 heteroatoms. The Bertz CT molecular complexity index is 382. The van der Waals surface area contributed by atoms with Crippen LogP contribution < -0.4 is 5.32 Å². The number of amides is 1. The van der Waals surface area contributed by atoms with Crippen molar-refractivity contribution < 1.29 is 4.79 Å². The smallest absolute Gasteiger partial charge is 0.237 e. The second-order valence-corrected chi connectivity index (χ2v) is 4.14. The molecule has 14 heavy (non-hydrogen) atoms. The second-order valence-electron chi connectivity index (χ2n) is 2.76. The van der Waals surface area contributed by atoms with Crippen LogP contribution in [0.25, 0.3) is 0 Å². The molecule has 0 unspecified atom stereocenters. The van der Waals surface area contributed by atoms with E-state index >= 15 is 0 Å². The molecule has 0 aliphatic rings. The Balaban J connectivity index is 2.87. The summed E-state index contributed by atoms with van der Waals surface area (Å²) in [5.74, 6) is -0.160. The third kappa shape index (κ3) is 2.57. The van der Waals surface area contributed by atoms with Gasteiger partial charge in [-0.25, -0.2) is 0 Å². The van der Waals surface area contributed by atoms with E-state index in [9.17, 15) is 4.79 Å². The first kappa shape index (κ1) is 10.7. The van der Waals surface area contributed by atoms with Crippen LogP contribution >= 0.6 is 15.9 Å². The zero-order valence-electron chi connectivity index (χ0n) is 7.62. The molecule has 72 valence electrons. The number of rotatable bonds is 2. The molecule has 0 saturated heterocycles. The van der Waals surface area contributed by atoms with E-state index in [0.717, 1.165) is 0 Å². The molecule has 1 rings (SSSR count). The Morgan fingerprint density at radius 2 is 2.21 bits per heavy atom. The van der Waals surface area contributed by atoms with E-state index < -0.39 is 0 Å². The molecule has 1 aromatic rings. The van der Waals surface area contributed by atoms with Gasteiger partial charge in [0.05, 0.1) is 16.1 Å². The van der Waals surface area contributed by atoms with Crippen molar-refractivity contribution >= 4 is 27.5 Å². The highest BCUT2D eigenvalue weighted by Gasteiger charge is 2.10. The molecule has 1 N–H and O–H groups in total. The number of para-hydroxylation sites is 1. The zero-order valence-corrected chi connectivity index (χ0v) is 9.21. The van der Waals surface area contributed by atoms with Crippen molar-refractivity contribution in [3.8, 4) is 6.07 Å². The highest BCUT2D eigenvalue weighted by Crippen LogP contribution is 2.14. The van der Waals surface area contributed by atoms with Gasteiger partial charge in [0.1, 0.15) is 6.07 Å². The Morgan fingerprint density at radius 1 is 1.57 bits per heavy atom. The van der Waals surface area contributed by atoms with Gasteiger partial charge in [-0.05, 0) is 19.1 Å². The van der Waals surface area contributed by atoms with Crippen molar-refractivity contribution in [3.05, 3.63) is 29.8 Å². The molecule has 0 heterocycles. The Morgan fingerprint density at radius 3 is 2.79 bits per heavy atom. The molecule has 1 atom stereocenters. The van der Waals surface area contributed by atoms with Crippen LogP contribution in [0.1, 0.15) is 12.5 Å². The maximum atomic E-state index is 11.3. The first-order valence-electron chi connectivity index (χ1n) is 4.09. The molecule has 1 amide bonds. The number of carbonyl (C=O) groups is 1. The molecule has 0 saturated carbocycles. The lowest BCUT2D eigenvalue weighted by atomic mass is 10.2. The number of carbonyl (C=O) groups excluding carboxylic acids is 1. The average molecular weight is 253 g/mol. The molecule has 0 aliphatic heterocycles. The van der Waals surface area contributed by atoms with Gasteiger partial charge in [-0.15, -0.1) is 0 Å². The van der Waals surface area contributed by atoms with Crippen molar-refractivity contribution in [3.63, 3.8) is 0 Å². The van der Waals surface area contributed by atoms with E-state index in [1.54, 1.807) is 31.2 Å². The minimum absolute atomic E-state index is 0.160. The van der Waals surface area contributed by atoms with Crippen molar-refractivity contribution in [1.29, 1.82) is 5.26 Å². The fourth-order valence-electron chi connectivity index (χ4n) is 0.922. The molecular weight excluding hydrogens is 244 g/mol. The maximum absolute atomic E-state index is 11.3. The number of nitriles is 1. The van der Waals surface area contributed by atoms with Crippen LogP contribution in [0.4, 0.5) is 5.69 Å². The van der Waals surface area contributed by atoms with Crippen molar-refractivity contribution in [2.45, 2.75) is 11.8 Å². The summed E-state index contributed by atoms with van der Waals surface area (Å²) in [5.41, 5.74) is 1.01. The summed E-state index contributed by atoms with van der Waals surface area (Å²) in [4.78, 5) is 11.0. The fraction of sp³-hybridized carbons (Fsp3) is 0.200. The van der Waals surface area contributed by atoms with Gasteiger partial charge in [-0.1, -0.05) is 28.1 Å². The topological polar surface area (TPSA) is 52.9 Å². The molecular formula is C10H9BrN2O. The highest BCUT2D eigenvalue weighted by atomic mass is 79.9. The quantitative estimate of drug-likeness (QED) is 0.822. The molecule has 0 aromatic heterocycles. The zero-order chi connectivity index (χ0) is 10.6. The normalized spacial score (nSPS) is 11.5. The number of nitrogens with one attached hydrogen (secondary N) is 1. The monoisotopic (exact) mass is 252 g/mol. The van der Waals surface area contributed by atoms with Crippen molar-refractivity contribution in [1.82, 2.24) is 0 Å². The summed E-state index contributed by atoms with van der Waals surface area (Å²) >= 11 is 3.15. The molecule has 0 radical (unpaired) electrons. The predicted octanol–water partition coefficient (Wildman–Crippen LogP) is 2.28. The second kappa shape index (κ2) is 4.77. The summed E-state index contributed by atoms with van der Waals surface area (Å²) in [6.07, 6.45) is 0. The van der Waals surface area contributed by atoms with Gasteiger partial charge in [0.2, 0.25) is 5.91 Å². The van der Waals surface area contributed by atoms with Crippen LogP contribution in [-0.2, 0) is 4.79 Å². The standard InChI is InChI=1S/C10H9BrN2O/c1-7(11)10(14)13-9-5-3-2-4-8(9)6-12/h2-5,7H,1H3,(H,13,14)/t7-/m0/s1. The van der Waals surface area contributed by atoms with Gasteiger partial charge in [-0.3, -0.25) is 4.79 Å². The number of hydrogen-bond acceptors (Lipinski definition) is 2. The van der Waals surface area contributed by atoms with Gasteiger partial charge in [-0.2, -0.15) is 5.26 Å².